The Morgan fingerprint density at radius 2 is 0.490 bits per heavy atom. The van der Waals surface area contributed by atoms with E-state index < -0.39 is 0 Å². The standard InChI is InChI=1S/C94H58B2N6/c1-5-29-63(30-6-1)97-79-43-23-21-41-75(79)95-77-57-78-84(58-83(77)99(65-33-9-3-10-34-65)87-55-67(53-85(97)91(87)95)101-81-51-47-59-25-13-17-37-69(59)89(81)73-49-45-61-27-15-19-39-71(61)93(73)101)100(66-35-11-4-12-36-66)88-56-68(54-86-92(88)96(78)76-42-22-24-44-80(76)98(86)64-31-7-2-8-32-64)102-82-52-48-60-26-14-18-38-70(60)90(82)74-50-46-62-28-16-20-40-72(62)94(74)102/h1-58H. The molecule has 6 heterocycles. The summed E-state index contributed by atoms with van der Waals surface area (Å²) in [6, 6.07) is 133. The lowest BCUT2D eigenvalue weighted by molar-refractivity contribution is 1.16. The second-order valence-corrected chi connectivity index (χ2v) is 27.8. The lowest BCUT2D eigenvalue weighted by atomic mass is 9.30. The van der Waals surface area contributed by atoms with Crippen molar-refractivity contribution >= 4 is 201 Å². The fourth-order valence-electron chi connectivity index (χ4n) is 18.7. The number of rotatable bonds is 6. The van der Waals surface area contributed by atoms with E-state index in [2.05, 4.69) is 381 Å². The molecule has 0 aliphatic carbocycles. The number of hydrogen-bond acceptors (Lipinski definition) is 4. The van der Waals surface area contributed by atoms with E-state index in [9.17, 15) is 0 Å². The molecule has 17 aromatic carbocycles. The van der Waals surface area contributed by atoms with Crippen LogP contribution in [0.5, 0.6) is 0 Å². The van der Waals surface area contributed by atoms with Gasteiger partial charge in [0.2, 0.25) is 0 Å². The number of fused-ring (bicyclic) bond motifs is 22. The maximum atomic E-state index is 2.66. The van der Waals surface area contributed by atoms with Crippen molar-refractivity contribution in [2.24, 2.45) is 0 Å². The Morgan fingerprint density at radius 3 is 0.873 bits per heavy atom. The first-order chi connectivity index (χ1) is 50.7. The number of para-hydroxylation sites is 6. The monoisotopic (exact) mass is 1290 g/mol. The molecule has 23 rings (SSSR count). The molecule has 6 nitrogen and oxygen atoms in total. The predicted octanol–water partition coefficient (Wildman–Crippen LogP) is 20.7. The molecule has 0 N–H and O–H groups in total. The minimum atomic E-state index is -0.183. The zero-order valence-corrected chi connectivity index (χ0v) is 55.3. The first-order valence-corrected chi connectivity index (χ1v) is 35.5. The van der Waals surface area contributed by atoms with Gasteiger partial charge in [0.05, 0.1) is 33.4 Å². The fourth-order valence-corrected chi connectivity index (χ4v) is 18.7. The first-order valence-electron chi connectivity index (χ1n) is 35.5. The Hall–Kier alpha value is -13.3. The summed E-state index contributed by atoms with van der Waals surface area (Å²) in [5.74, 6) is 0. The van der Waals surface area contributed by atoms with E-state index in [1.807, 2.05) is 0 Å². The fraction of sp³-hybridized carbons (Fsp3) is 0. The second kappa shape index (κ2) is 21.1. The van der Waals surface area contributed by atoms with Gasteiger partial charge in [0.25, 0.3) is 13.4 Å². The Balaban J connectivity index is 0.856. The van der Waals surface area contributed by atoms with Gasteiger partial charge in [0.1, 0.15) is 0 Å². The van der Waals surface area contributed by atoms with Crippen molar-refractivity contribution in [1.29, 1.82) is 0 Å². The smallest absolute Gasteiger partial charge is 0.252 e. The minimum Gasteiger partial charge on any atom is -0.311 e. The molecule has 0 atom stereocenters. The van der Waals surface area contributed by atoms with Crippen molar-refractivity contribution in [3.05, 3.63) is 352 Å². The zero-order chi connectivity index (χ0) is 66.4. The van der Waals surface area contributed by atoms with Gasteiger partial charge in [-0.1, -0.05) is 249 Å². The molecule has 0 bridgehead atoms. The largest absolute Gasteiger partial charge is 0.311 e. The molecule has 0 unspecified atom stereocenters. The average Bonchev–Trinajstić information content (AvgIpc) is 0.740. The number of benzene rings is 17. The Kier molecular flexibility index (Phi) is 11.5. The Labute approximate surface area is 589 Å². The number of nitrogens with zero attached hydrogens (tertiary/aromatic N) is 6. The molecule has 2 aromatic heterocycles. The van der Waals surface area contributed by atoms with Crippen LogP contribution < -0.4 is 52.4 Å². The van der Waals surface area contributed by atoms with Crippen molar-refractivity contribution in [3.63, 3.8) is 0 Å². The van der Waals surface area contributed by atoms with Crippen LogP contribution >= 0.6 is 0 Å². The molecule has 0 fully saturated rings. The Bertz CT molecular complexity index is 6400. The van der Waals surface area contributed by atoms with E-state index in [1.54, 1.807) is 0 Å². The van der Waals surface area contributed by atoms with Crippen LogP contribution in [0.25, 0.3) is 98.1 Å². The summed E-state index contributed by atoms with van der Waals surface area (Å²) in [6.07, 6.45) is 0. The van der Waals surface area contributed by atoms with E-state index in [0.29, 0.717) is 0 Å². The molecule has 102 heavy (non-hydrogen) atoms. The van der Waals surface area contributed by atoms with Crippen LogP contribution in [0.15, 0.2) is 352 Å². The van der Waals surface area contributed by atoms with E-state index >= 15 is 0 Å². The summed E-state index contributed by atoms with van der Waals surface area (Å²) < 4.78 is 5.18. The van der Waals surface area contributed by atoms with Gasteiger partial charge in [-0.05, 0) is 168 Å². The number of anilines is 12. The molecule has 4 aliphatic rings. The van der Waals surface area contributed by atoms with Crippen molar-refractivity contribution < 1.29 is 0 Å². The molecule has 19 aromatic rings. The molecule has 8 heteroatoms. The number of hydrogen-bond donors (Lipinski definition) is 0. The van der Waals surface area contributed by atoms with Gasteiger partial charge in [0, 0.05) is 101 Å². The molecule has 0 saturated carbocycles. The van der Waals surface area contributed by atoms with E-state index in [-0.39, 0.29) is 13.4 Å². The van der Waals surface area contributed by atoms with Crippen LogP contribution in [0.2, 0.25) is 0 Å². The van der Waals surface area contributed by atoms with E-state index in [1.165, 1.54) is 131 Å². The summed E-state index contributed by atoms with van der Waals surface area (Å²) in [5, 5.41) is 14.7. The summed E-state index contributed by atoms with van der Waals surface area (Å²) in [6.45, 7) is -0.365. The third kappa shape index (κ3) is 7.64. The zero-order valence-electron chi connectivity index (χ0n) is 55.3. The predicted molar refractivity (Wildman–Crippen MR) is 433 cm³/mol. The van der Waals surface area contributed by atoms with E-state index in [0.717, 1.165) is 68.2 Å². The van der Waals surface area contributed by atoms with Crippen LogP contribution in [-0.2, 0) is 0 Å². The van der Waals surface area contributed by atoms with Crippen LogP contribution in [-0.4, -0.2) is 22.6 Å². The summed E-state index contributed by atoms with van der Waals surface area (Å²) >= 11 is 0. The highest BCUT2D eigenvalue weighted by Gasteiger charge is 2.49. The summed E-state index contributed by atoms with van der Waals surface area (Å²) in [7, 11) is 0. The van der Waals surface area contributed by atoms with Crippen LogP contribution in [0.4, 0.5) is 68.2 Å². The normalized spacial score (nSPS) is 13.4. The van der Waals surface area contributed by atoms with Crippen molar-refractivity contribution in [3.8, 4) is 11.4 Å². The molecular formula is C94H58B2N6. The molecule has 0 spiro atoms. The second-order valence-electron chi connectivity index (χ2n) is 27.8. The SMILES string of the molecule is c1ccc(N2c3ccccc3B3c4cc5c(cc4N(c4ccccc4)c4cc(-n6c7ccc8ccccc8c7c7ccc8ccccc8c76)cc2c43)N(c2ccccc2)c2cc(-n3c4ccc6ccccc6c4c4ccc6ccccc6c43)cc3c2B5c2ccccc2N3c2ccccc2)cc1. The maximum absolute atomic E-state index is 2.66. The van der Waals surface area contributed by atoms with Crippen molar-refractivity contribution in [1.82, 2.24) is 9.13 Å². The highest BCUT2D eigenvalue weighted by Crippen LogP contribution is 2.52. The lowest BCUT2D eigenvalue weighted by Crippen LogP contribution is -2.65. The molecular weight excluding hydrogens is 1230 g/mol. The number of aromatic nitrogens is 2. The van der Waals surface area contributed by atoms with Gasteiger partial charge in [-0.2, -0.15) is 0 Å². The first kappa shape index (κ1) is 55.7. The quantitative estimate of drug-likeness (QED) is 0.155. The van der Waals surface area contributed by atoms with Crippen LogP contribution in [0.1, 0.15) is 0 Å². The molecule has 0 radical (unpaired) electrons. The van der Waals surface area contributed by atoms with Gasteiger partial charge in [-0.3, -0.25) is 0 Å². The molecule has 0 amide bonds. The van der Waals surface area contributed by atoms with Gasteiger partial charge >= 0.3 is 0 Å². The van der Waals surface area contributed by atoms with Gasteiger partial charge in [-0.25, -0.2) is 0 Å². The van der Waals surface area contributed by atoms with Gasteiger partial charge < -0.3 is 28.7 Å². The molecule has 470 valence electrons. The van der Waals surface area contributed by atoms with Gasteiger partial charge in [0.15, 0.2) is 0 Å². The third-order valence-electron chi connectivity index (χ3n) is 22.7. The highest BCUT2D eigenvalue weighted by atomic mass is 15.2. The van der Waals surface area contributed by atoms with Crippen LogP contribution in [0.3, 0.4) is 0 Å². The van der Waals surface area contributed by atoms with Crippen molar-refractivity contribution in [2.45, 2.75) is 0 Å². The maximum Gasteiger partial charge on any atom is 0.252 e. The van der Waals surface area contributed by atoms with Crippen LogP contribution in [0, 0.1) is 0 Å². The molecule has 4 aliphatic heterocycles. The third-order valence-corrected chi connectivity index (χ3v) is 22.7. The summed E-state index contributed by atoms with van der Waals surface area (Å²) in [5.41, 5.74) is 28.0. The van der Waals surface area contributed by atoms with E-state index in [4.69, 9.17) is 0 Å². The Morgan fingerprint density at radius 1 is 0.186 bits per heavy atom. The minimum absolute atomic E-state index is 0.183. The lowest BCUT2D eigenvalue weighted by Gasteiger charge is -2.47. The highest BCUT2D eigenvalue weighted by molar-refractivity contribution is 7.03. The topological polar surface area (TPSA) is 22.8 Å². The summed E-state index contributed by atoms with van der Waals surface area (Å²) in [4.78, 5) is 10.3. The van der Waals surface area contributed by atoms with Crippen molar-refractivity contribution in [2.75, 3.05) is 19.6 Å². The molecule has 0 saturated heterocycles. The van der Waals surface area contributed by atoms with Gasteiger partial charge in [-0.15, -0.1) is 0 Å². The average molecular weight is 1290 g/mol.